The van der Waals surface area contributed by atoms with Crippen LogP contribution in [0.1, 0.15) is 80.1 Å². The Kier molecular flexibility index (Phi) is 10.5. The van der Waals surface area contributed by atoms with Crippen LogP contribution in [0.2, 0.25) is 0 Å². The lowest BCUT2D eigenvalue weighted by Crippen LogP contribution is -2.44. The zero-order valence-corrected chi connectivity index (χ0v) is 14.9. The van der Waals surface area contributed by atoms with E-state index in [2.05, 4.69) is 24.5 Å². The van der Waals surface area contributed by atoms with E-state index in [0.29, 0.717) is 6.04 Å². The largest absolute Gasteiger partial charge is 0.444 e. The van der Waals surface area contributed by atoms with Crippen molar-refractivity contribution >= 4 is 6.09 Å². The van der Waals surface area contributed by atoms with Crippen LogP contribution >= 0.6 is 0 Å². The van der Waals surface area contributed by atoms with E-state index in [1.54, 1.807) is 0 Å². The van der Waals surface area contributed by atoms with Gasteiger partial charge in [0.25, 0.3) is 0 Å². The maximum absolute atomic E-state index is 11.6. The molecule has 0 aromatic rings. The Morgan fingerprint density at radius 3 is 2.24 bits per heavy atom. The van der Waals surface area contributed by atoms with E-state index in [0.717, 1.165) is 6.54 Å². The fraction of sp³-hybridized carbons (Fsp3) is 0.941. The lowest BCUT2D eigenvalue weighted by atomic mass is 10.1. The van der Waals surface area contributed by atoms with Crippen molar-refractivity contribution in [2.75, 3.05) is 6.54 Å². The number of amides is 1. The maximum Gasteiger partial charge on any atom is 0.407 e. The molecule has 0 aliphatic heterocycles. The lowest BCUT2D eigenvalue weighted by molar-refractivity contribution is 0.0507. The average Bonchev–Trinajstić information content (AvgIpc) is 2.33. The molecule has 0 spiro atoms. The summed E-state index contributed by atoms with van der Waals surface area (Å²) in [5.41, 5.74) is -0.441. The predicted octanol–water partition coefficient (Wildman–Crippen LogP) is 4.24. The molecule has 4 nitrogen and oxygen atoms in total. The van der Waals surface area contributed by atoms with Crippen molar-refractivity contribution in [2.24, 2.45) is 0 Å². The number of rotatable bonds is 10. The van der Waals surface area contributed by atoms with Gasteiger partial charge in [-0.1, -0.05) is 39.0 Å². The fourth-order valence-electron chi connectivity index (χ4n) is 2.09. The molecule has 1 amide bonds. The molecule has 4 heteroatoms. The van der Waals surface area contributed by atoms with Crippen LogP contribution in [-0.4, -0.2) is 30.3 Å². The highest BCUT2D eigenvalue weighted by Crippen LogP contribution is 2.08. The first-order valence-electron chi connectivity index (χ1n) is 8.47. The smallest absolute Gasteiger partial charge is 0.407 e. The van der Waals surface area contributed by atoms with Crippen molar-refractivity contribution in [3.8, 4) is 0 Å². The average molecular weight is 300 g/mol. The van der Waals surface area contributed by atoms with Crippen LogP contribution in [0.3, 0.4) is 0 Å². The summed E-state index contributed by atoms with van der Waals surface area (Å²) in [7, 11) is 0. The molecular formula is C17H36N2O2. The first kappa shape index (κ1) is 20.2. The molecule has 2 N–H and O–H groups in total. The van der Waals surface area contributed by atoms with Crippen LogP contribution in [0.4, 0.5) is 4.79 Å². The number of alkyl carbamates (subject to hydrolysis) is 1. The number of hydrogen-bond donors (Lipinski definition) is 2. The number of carbonyl (C=O) groups excluding carboxylic acids is 1. The summed E-state index contributed by atoms with van der Waals surface area (Å²) in [5.74, 6) is 0. The third-order valence-electron chi connectivity index (χ3n) is 3.28. The van der Waals surface area contributed by atoms with Gasteiger partial charge >= 0.3 is 6.09 Å². The Labute approximate surface area is 131 Å². The van der Waals surface area contributed by atoms with Gasteiger partial charge in [0.2, 0.25) is 0 Å². The van der Waals surface area contributed by atoms with E-state index in [4.69, 9.17) is 4.74 Å². The predicted molar refractivity (Wildman–Crippen MR) is 89.7 cm³/mol. The molecule has 0 heterocycles. The van der Waals surface area contributed by atoms with Crippen LogP contribution < -0.4 is 10.6 Å². The highest BCUT2D eigenvalue weighted by molar-refractivity contribution is 5.68. The van der Waals surface area contributed by atoms with Crippen molar-refractivity contribution < 1.29 is 9.53 Å². The number of unbranched alkanes of at least 4 members (excludes halogenated alkanes) is 4. The third kappa shape index (κ3) is 13.9. The number of ether oxygens (including phenoxy) is 1. The molecule has 0 aliphatic rings. The normalized spacial score (nSPS) is 14.6. The summed E-state index contributed by atoms with van der Waals surface area (Å²) >= 11 is 0. The molecule has 0 bridgehead atoms. The zero-order valence-electron chi connectivity index (χ0n) is 14.9. The first-order chi connectivity index (χ1) is 9.74. The van der Waals surface area contributed by atoms with Gasteiger partial charge in [0, 0.05) is 18.6 Å². The van der Waals surface area contributed by atoms with Gasteiger partial charge in [-0.25, -0.2) is 4.79 Å². The van der Waals surface area contributed by atoms with Crippen molar-refractivity contribution in [3.05, 3.63) is 0 Å². The van der Waals surface area contributed by atoms with Crippen molar-refractivity contribution in [1.82, 2.24) is 10.6 Å². The molecule has 0 rings (SSSR count). The highest BCUT2D eigenvalue weighted by Gasteiger charge is 2.17. The van der Waals surface area contributed by atoms with Crippen molar-refractivity contribution in [2.45, 2.75) is 97.8 Å². The second-order valence-corrected chi connectivity index (χ2v) is 7.06. The molecule has 2 atom stereocenters. The van der Waals surface area contributed by atoms with E-state index in [1.807, 2.05) is 27.7 Å². The fourth-order valence-corrected chi connectivity index (χ4v) is 2.09. The molecule has 0 saturated heterocycles. The number of carbonyl (C=O) groups is 1. The maximum atomic E-state index is 11.6. The van der Waals surface area contributed by atoms with Crippen LogP contribution in [-0.2, 0) is 4.74 Å². The second-order valence-electron chi connectivity index (χ2n) is 7.06. The van der Waals surface area contributed by atoms with Gasteiger partial charge in [0.15, 0.2) is 0 Å². The van der Waals surface area contributed by atoms with E-state index in [1.165, 1.54) is 38.5 Å². The van der Waals surface area contributed by atoms with Crippen molar-refractivity contribution in [3.63, 3.8) is 0 Å². The molecule has 0 saturated carbocycles. The van der Waals surface area contributed by atoms with Gasteiger partial charge in [-0.15, -0.1) is 0 Å². The Bertz CT molecular complexity index is 274. The molecule has 126 valence electrons. The summed E-state index contributed by atoms with van der Waals surface area (Å²) in [6, 6.07) is 0.567. The van der Waals surface area contributed by atoms with E-state index in [-0.39, 0.29) is 12.1 Å². The minimum atomic E-state index is -0.441. The van der Waals surface area contributed by atoms with Gasteiger partial charge in [0.1, 0.15) is 5.60 Å². The standard InChI is InChI=1S/C17H36N2O2/c1-7-8-9-10-11-12-14(2)18-13-15(3)19-16(20)21-17(4,5)6/h14-15,18H,7-13H2,1-6H3,(H,19,20). The molecular weight excluding hydrogens is 264 g/mol. The van der Waals surface area contributed by atoms with Crippen LogP contribution in [0, 0.1) is 0 Å². The van der Waals surface area contributed by atoms with E-state index < -0.39 is 5.60 Å². The third-order valence-corrected chi connectivity index (χ3v) is 3.28. The summed E-state index contributed by atoms with van der Waals surface area (Å²) in [4.78, 5) is 11.6. The second kappa shape index (κ2) is 10.9. The summed E-state index contributed by atoms with van der Waals surface area (Å²) in [6.45, 7) is 12.8. The van der Waals surface area contributed by atoms with Gasteiger partial charge < -0.3 is 15.4 Å². The SMILES string of the molecule is CCCCCCCC(C)NCC(C)NC(=O)OC(C)(C)C. The summed E-state index contributed by atoms with van der Waals surface area (Å²) in [6.07, 6.45) is 7.44. The van der Waals surface area contributed by atoms with Crippen molar-refractivity contribution in [1.29, 1.82) is 0 Å². The Morgan fingerprint density at radius 1 is 1.05 bits per heavy atom. The molecule has 0 aromatic carbocycles. The minimum Gasteiger partial charge on any atom is -0.444 e. The molecule has 2 unspecified atom stereocenters. The Hall–Kier alpha value is -0.770. The van der Waals surface area contributed by atoms with Gasteiger partial charge in [-0.2, -0.15) is 0 Å². The summed E-state index contributed by atoms with van der Waals surface area (Å²) < 4.78 is 5.24. The zero-order chi connectivity index (χ0) is 16.3. The topological polar surface area (TPSA) is 50.4 Å². The first-order valence-corrected chi connectivity index (χ1v) is 8.47. The number of hydrogen-bond acceptors (Lipinski definition) is 3. The molecule has 0 radical (unpaired) electrons. The van der Waals surface area contributed by atoms with Gasteiger partial charge in [0.05, 0.1) is 0 Å². The Morgan fingerprint density at radius 2 is 1.67 bits per heavy atom. The monoisotopic (exact) mass is 300 g/mol. The van der Waals surface area contributed by atoms with E-state index >= 15 is 0 Å². The molecule has 21 heavy (non-hydrogen) atoms. The Balaban J connectivity index is 3.67. The number of nitrogens with one attached hydrogen (secondary N) is 2. The van der Waals surface area contributed by atoms with E-state index in [9.17, 15) is 4.79 Å². The van der Waals surface area contributed by atoms with Crippen LogP contribution in [0.5, 0.6) is 0 Å². The molecule has 0 fully saturated rings. The summed E-state index contributed by atoms with van der Waals surface area (Å²) in [5, 5.41) is 6.32. The molecule has 0 aliphatic carbocycles. The highest BCUT2D eigenvalue weighted by atomic mass is 16.6. The van der Waals surface area contributed by atoms with Crippen LogP contribution in [0.15, 0.2) is 0 Å². The van der Waals surface area contributed by atoms with Crippen LogP contribution in [0.25, 0.3) is 0 Å². The minimum absolute atomic E-state index is 0.0717. The van der Waals surface area contributed by atoms with Gasteiger partial charge in [-0.3, -0.25) is 0 Å². The molecule has 0 aromatic heterocycles. The van der Waals surface area contributed by atoms with Gasteiger partial charge in [-0.05, 0) is 41.0 Å². The quantitative estimate of drug-likeness (QED) is 0.593. The lowest BCUT2D eigenvalue weighted by Gasteiger charge is -2.23.